The van der Waals surface area contributed by atoms with Crippen molar-refractivity contribution >= 4 is 22.8 Å². The molecule has 0 saturated heterocycles. The van der Waals surface area contributed by atoms with Gasteiger partial charge in [-0.3, -0.25) is 9.12 Å². The van der Waals surface area contributed by atoms with E-state index >= 15 is 0 Å². The van der Waals surface area contributed by atoms with E-state index in [-0.39, 0.29) is 19.4 Å². The van der Waals surface area contributed by atoms with E-state index in [4.69, 9.17) is 9.29 Å². The first-order valence-corrected chi connectivity index (χ1v) is 9.08. The molecule has 19 heavy (non-hydrogen) atoms. The van der Waals surface area contributed by atoms with Crippen molar-refractivity contribution in [1.29, 1.82) is 0 Å². The SMILES string of the molecule is Cc1ccc(P(=O)(O)CCOCCS(=O)(=O)O)cc1. The summed E-state index contributed by atoms with van der Waals surface area (Å²) in [5.41, 5.74) is 0.994. The number of ether oxygens (including phenoxy) is 1. The molecule has 0 spiro atoms. The van der Waals surface area contributed by atoms with Gasteiger partial charge in [-0.05, 0) is 19.1 Å². The Morgan fingerprint density at radius 2 is 1.79 bits per heavy atom. The maximum atomic E-state index is 12.0. The lowest BCUT2D eigenvalue weighted by atomic mass is 10.2. The molecule has 1 unspecified atom stereocenters. The van der Waals surface area contributed by atoms with Crippen LogP contribution in [0.4, 0.5) is 0 Å². The maximum Gasteiger partial charge on any atom is 0.267 e. The van der Waals surface area contributed by atoms with Crippen LogP contribution in [0, 0.1) is 6.92 Å². The van der Waals surface area contributed by atoms with Crippen molar-refractivity contribution in [3.05, 3.63) is 29.8 Å². The van der Waals surface area contributed by atoms with Gasteiger partial charge in [0.2, 0.25) is 7.37 Å². The van der Waals surface area contributed by atoms with Gasteiger partial charge in [-0.2, -0.15) is 8.42 Å². The molecule has 2 N–H and O–H groups in total. The number of hydrogen-bond acceptors (Lipinski definition) is 4. The number of aryl methyl sites for hydroxylation is 1. The average molecular weight is 308 g/mol. The van der Waals surface area contributed by atoms with Crippen molar-refractivity contribution in [1.82, 2.24) is 0 Å². The van der Waals surface area contributed by atoms with E-state index < -0.39 is 23.2 Å². The summed E-state index contributed by atoms with van der Waals surface area (Å²) >= 11 is 0. The molecule has 1 atom stereocenters. The lowest BCUT2D eigenvalue weighted by molar-refractivity contribution is 0.162. The third-order valence-electron chi connectivity index (χ3n) is 2.46. The molecule has 1 aromatic rings. The summed E-state index contributed by atoms with van der Waals surface area (Å²) in [6.45, 7) is 1.63. The fourth-order valence-electron chi connectivity index (χ4n) is 1.36. The third-order valence-corrected chi connectivity index (χ3v) is 5.04. The Hall–Kier alpha value is -0.720. The van der Waals surface area contributed by atoms with Crippen LogP contribution >= 0.6 is 7.37 Å². The van der Waals surface area contributed by atoms with Crippen molar-refractivity contribution in [2.75, 3.05) is 25.1 Å². The molecule has 0 heterocycles. The largest absolute Gasteiger partial charge is 0.380 e. The van der Waals surface area contributed by atoms with Gasteiger partial charge in [0.05, 0.1) is 25.1 Å². The summed E-state index contributed by atoms with van der Waals surface area (Å²) in [5.74, 6) is -0.521. The summed E-state index contributed by atoms with van der Waals surface area (Å²) in [7, 11) is -7.54. The smallest absolute Gasteiger partial charge is 0.267 e. The van der Waals surface area contributed by atoms with E-state index in [1.807, 2.05) is 6.92 Å². The highest BCUT2D eigenvalue weighted by Gasteiger charge is 2.20. The Kier molecular flexibility index (Phi) is 5.70. The monoisotopic (exact) mass is 308 g/mol. The van der Waals surface area contributed by atoms with Crippen LogP contribution in [0.25, 0.3) is 0 Å². The van der Waals surface area contributed by atoms with Gasteiger partial charge in [-0.15, -0.1) is 0 Å². The number of benzene rings is 1. The van der Waals surface area contributed by atoms with Gasteiger partial charge in [0.1, 0.15) is 0 Å². The zero-order valence-corrected chi connectivity index (χ0v) is 12.2. The summed E-state index contributed by atoms with van der Waals surface area (Å²) in [4.78, 5) is 9.84. The highest BCUT2D eigenvalue weighted by Crippen LogP contribution is 2.38. The second-order valence-electron chi connectivity index (χ2n) is 4.16. The fourth-order valence-corrected chi connectivity index (χ4v) is 2.94. The van der Waals surface area contributed by atoms with Crippen LogP contribution in [-0.4, -0.2) is 43.0 Å². The molecule has 108 valence electrons. The first kappa shape index (κ1) is 16.3. The average Bonchev–Trinajstić information content (AvgIpc) is 2.27. The predicted octanol–water partition coefficient (Wildman–Crippen LogP) is 0.795. The Bertz CT molecular complexity index is 551. The second kappa shape index (κ2) is 6.63. The van der Waals surface area contributed by atoms with Crippen LogP contribution in [0.15, 0.2) is 24.3 Å². The molecule has 0 aliphatic heterocycles. The number of hydrogen-bond donors (Lipinski definition) is 2. The minimum atomic E-state index is -4.05. The zero-order valence-electron chi connectivity index (χ0n) is 10.5. The van der Waals surface area contributed by atoms with Crippen LogP contribution in [-0.2, 0) is 19.4 Å². The van der Waals surface area contributed by atoms with Gasteiger partial charge in [0.25, 0.3) is 10.1 Å². The van der Waals surface area contributed by atoms with E-state index in [1.54, 1.807) is 24.3 Å². The van der Waals surface area contributed by atoms with E-state index in [9.17, 15) is 17.9 Å². The first-order chi connectivity index (χ1) is 8.71. The Morgan fingerprint density at radius 3 is 2.32 bits per heavy atom. The molecule has 0 amide bonds. The van der Waals surface area contributed by atoms with Gasteiger partial charge in [-0.25, -0.2) is 0 Å². The quantitative estimate of drug-likeness (QED) is 0.439. The molecule has 0 bridgehead atoms. The van der Waals surface area contributed by atoms with E-state index in [1.165, 1.54) is 0 Å². The summed E-state index contributed by atoms with van der Waals surface area (Å²) in [6, 6.07) is 6.68. The molecular formula is C11H17O6PS. The summed E-state index contributed by atoms with van der Waals surface area (Å²) < 4.78 is 46.2. The molecule has 6 nitrogen and oxygen atoms in total. The van der Waals surface area contributed by atoms with Crippen LogP contribution < -0.4 is 5.30 Å². The maximum absolute atomic E-state index is 12.0. The van der Waals surface area contributed by atoms with Gasteiger partial charge in [0, 0.05) is 5.30 Å². The predicted molar refractivity (Wildman–Crippen MR) is 72.7 cm³/mol. The summed E-state index contributed by atoms with van der Waals surface area (Å²) in [5, 5.41) is 0.344. The molecule has 0 aromatic heterocycles. The highest BCUT2D eigenvalue weighted by atomic mass is 32.2. The van der Waals surface area contributed by atoms with Gasteiger partial charge in [0.15, 0.2) is 0 Å². The Balaban J connectivity index is 2.43. The lowest BCUT2D eigenvalue weighted by Crippen LogP contribution is -2.15. The number of rotatable bonds is 7. The molecule has 8 heteroatoms. The van der Waals surface area contributed by atoms with Crippen molar-refractivity contribution in [3.8, 4) is 0 Å². The van der Waals surface area contributed by atoms with Crippen LogP contribution in [0.3, 0.4) is 0 Å². The van der Waals surface area contributed by atoms with Crippen LogP contribution in [0.1, 0.15) is 5.56 Å². The van der Waals surface area contributed by atoms with Gasteiger partial charge in [-0.1, -0.05) is 17.7 Å². The molecule has 0 saturated carbocycles. The molecular weight excluding hydrogens is 291 g/mol. The van der Waals surface area contributed by atoms with Crippen molar-refractivity contribution in [2.45, 2.75) is 6.92 Å². The van der Waals surface area contributed by atoms with Crippen molar-refractivity contribution in [2.24, 2.45) is 0 Å². The molecule has 0 aliphatic rings. The van der Waals surface area contributed by atoms with E-state index in [0.29, 0.717) is 5.30 Å². The van der Waals surface area contributed by atoms with Gasteiger partial charge < -0.3 is 9.63 Å². The summed E-state index contributed by atoms with van der Waals surface area (Å²) in [6.07, 6.45) is -0.0957. The first-order valence-electron chi connectivity index (χ1n) is 5.63. The molecule has 0 radical (unpaired) electrons. The Labute approximate surface area is 112 Å². The standard InChI is InChI=1S/C11H17O6PS/c1-10-2-4-11(5-3-10)18(12,13)8-6-17-7-9-19(14,15)16/h2-5H,6-9H2,1H3,(H,12,13)(H,14,15,16). The molecule has 1 aromatic carbocycles. The van der Waals surface area contributed by atoms with Crippen molar-refractivity contribution in [3.63, 3.8) is 0 Å². The van der Waals surface area contributed by atoms with E-state index in [0.717, 1.165) is 5.56 Å². The van der Waals surface area contributed by atoms with Gasteiger partial charge >= 0.3 is 0 Å². The minimum absolute atomic E-state index is 0.0445. The molecule has 0 aliphatic carbocycles. The minimum Gasteiger partial charge on any atom is -0.380 e. The van der Waals surface area contributed by atoms with E-state index in [2.05, 4.69) is 0 Å². The second-order valence-corrected chi connectivity index (χ2v) is 8.10. The zero-order chi connectivity index (χ0) is 14.5. The lowest BCUT2D eigenvalue weighted by Gasteiger charge is -2.12. The Morgan fingerprint density at radius 1 is 1.21 bits per heavy atom. The van der Waals surface area contributed by atoms with Crippen molar-refractivity contribution < 1.29 is 27.2 Å². The molecule has 0 fully saturated rings. The van der Waals surface area contributed by atoms with Crippen LogP contribution in [0.2, 0.25) is 0 Å². The van der Waals surface area contributed by atoms with Crippen LogP contribution in [0.5, 0.6) is 0 Å². The highest BCUT2D eigenvalue weighted by molar-refractivity contribution is 7.85. The fraction of sp³-hybridized carbons (Fsp3) is 0.455. The topological polar surface area (TPSA) is 101 Å². The third kappa shape index (κ3) is 6.31. The molecule has 1 rings (SSSR count). The normalized spacial score (nSPS) is 15.1.